The highest BCUT2D eigenvalue weighted by atomic mass is 32.2. The molecule has 1 N–H and O–H groups in total. The second-order valence-corrected chi connectivity index (χ2v) is 5.74. The topological polar surface area (TPSA) is 37.3 Å². The molecule has 2 nitrogen and oxygen atoms in total. The molecule has 3 heteroatoms. The van der Waals surface area contributed by atoms with Gasteiger partial charge in [-0.2, -0.15) is 0 Å². The second kappa shape index (κ2) is 2.45. The molecule has 3 aliphatic carbocycles. The van der Waals surface area contributed by atoms with E-state index >= 15 is 0 Å². The van der Waals surface area contributed by atoms with E-state index in [1.54, 1.807) is 11.8 Å². The van der Waals surface area contributed by atoms with Crippen LogP contribution in [0.1, 0.15) is 6.92 Å². The lowest BCUT2D eigenvalue weighted by Gasteiger charge is -2.33. The smallest absolute Gasteiger partial charge is 0.159 e. The highest BCUT2D eigenvalue weighted by Crippen LogP contribution is 2.63. The van der Waals surface area contributed by atoms with Gasteiger partial charge in [0.1, 0.15) is 4.75 Å². The van der Waals surface area contributed by atoms with Crippen LogP contribution in [-0.2, 0) is 4.79 Å². The van der Waals surface area contributed by atoms with Crippen molar-refractivity contribution in [2.24, 2.45) is 23.7 Å². The molecule has 0 aromatic carbocycles. The maximum atomic E-state index is 12.2. The Bertz CT molecular complexity index is 338. The van der Waals surface area contributed by atoms with Gasteiger partial charge >= 0.3 is 0 Å². The van der Waals surface area contributed by atoms with Crippen molar-refractivity contribution in [3.8, 4) is 0 Å². The number of allylic oxidation sites excluding steroid dienone is 2. The molecule has 14 heavy (non-hydrogen) atoms. The van der Waals surface area contributed by atoms with E-state index in [4.69, 9.17) is 0 Å². The maximum absolute atomic E-state index is 12.2. The molecule has 3 rings (SSSR count). The van der Waals surface area contributed by atoms with Crippen molar-refractivity contribution < 1.29 is 9.90 Å². The Morgan fingerprint density at radius 3 is 2.79 bits per heavy atom. The summed E-state index contributed by atoms with van der Waals surface area (Å²) < 4.78 is -0.497. The molecule has 2 bridgehead atoms. The van der Waals surface area contributed by atoms with Crippen LogP contribution < -0.4 is 0 Å². The third-order valence-corrected chi connectivity index (χ3v) is 5.97. The Kier molecular flexibility index (Phi) is 1.57. The highest BCUT2D eigenvalue weighted by Gasteiger charge is 2.71. The summed E-state index contributed by atoms with van der Waals surface area (Å²) >= 11 is 1.55. The van der Waals surface area contributed by atoms with E-state index in [1.165, 1.54) is 0 Å². The van der Waals surface area contributed by atoms with Crippen LogP contribution in [0.2, 0.25) is 0 Å². The van der Waals surface area contributed by atoms with E-state index in [0.29, 0.717) is 11.8 Å². The molecule has 6 atom stereocenters. The molecule has 1 unspecified atom stereocenters. The molecule has 0 aliphatic heterocycles. The zero-order valence-corrected chi connectivity index (χ0v) is 9.12. The van der Waals surface area contributed by atoms with Gasteiger partial charge in [0.2, 0.25) is 0 Å². The van der Waals surface area contributed by atoms with Gasteiger partial charge < -0.3 is 5.11 Å². The van der Waals surface area contributed by atoms with E-state index in [-0.39, 0.29) is 17.6 Å². The van der Waals surface area contributed by atoms with Crippen LogP contribution in [0.3, 0.4) is 0 Å². The number of aliphatic hydroxyl groups excluding tert-OH is 1. The van der Waals surface area contributed by atoms with E-state index in [0.717, 1.165) is 0 Å². The SMILES string of the molecule is CS[C@@]12C(=O)[C@@H]3C=C[C@@H]([C@@H]3C1O)[C@@H]2C. The van der Waals surface area contributed by atoms with Crippen molar-refractivity contribution in [1.82, 2.24) is 0 Å². The fraction of sp³-hybridized carbons (Fsp3) is 0.727. The van der Waals surface area contributed by atoms with Crippen molar-refractivity contribution in [1.29, 1.82) is 0 Å². The number of thioether (sulfide) groups is 1. The number of ketones is 1. The van der Waals surface area contributed by atoms with Crippen molar-refractivity contribution in [2.45, 2.75) is 17.8 Å². The number of Topliss-reactive ketones (excluding diaryl/α,β-unsaturated/α-hetero) is 1. The van der Waals surface area contributed by atoms with Crippen LogP contribution in [0, 0.1) is 23.7 Å². The van der Waals surface area contributed by atoms with Crippen molar-refractivity contribution in [3.63, 3.8) is 0 Å². The zero-order valence-electron chi connectivity index (χ0n) is 8.31. The summed E-state index contributed by atoms with van der Waals surface area (Å²) in [4.78, 5) is 12.2. The first-order valence-electron chi connectivity index (χ1n) is 5.10. The quantitative estimate of drug-likeness (QED) is 0.659. The molecular formula is C11H14O2S. The van der Waals surface area contributed by atoms with E-state index in [2.05, 4.69) is 13.0 Å². The highest BCUT2D eigenvalue weighted by molar-refractivity contribution is 8.00. The van der Waals surface area contributed by atoms with Crippen LogP contribution in [0.25, 0.3) is 0 Å². The minimum Gasteiger partial charge on any atom is -0.391 e. The lowest BCUT2D eigenvalue weighted by molar-refractivity contribution is -0.124. The third-order valence-electron chi connectivity index (χ3n) is 4.48. The molecule has 0 aromatic rings. The maximum Gasteiger partial charge on any atom is 0.159 e. The molecule has 0 radical (unpaired) electrons. The minimum atomic E-state index is -0.497. The van der Waals surface area contributed by atoms with Crippen molar-refractivity contribution >= 4 is 17.5 Å². The number of aliphatic hydroxyl groups is 1. The van der Waals surface area contributed by atoms with Gasteiger partial charge in [0.15, 0.2) is 5.78 Å². The second-order valence-electron chi connectivity index (χ2n) is 4.66. The molecule has 0 amide bonds. The summed E-state index contributed by atoms with van der Waals surface area (Å²) in [5.41, 5.74) is 0. The summed E-state index contributed by atoms with van der Waals surface area (Å²) in [5.74, 6) is 1.18. The molecule has 76 valence electrons. The average molecular weight is 210 g/mol. The summed E-state index contributed by atoms with van der Waals surface area (Å²) in [6.45, 7) is 2.11. The fourth-order valence-electron chi connectivity index (χ4n) is 3.79. The van der Waals surface area contributed by atoms with Gasteiger partial charge in [0.05, 0.1) is 6.10 Å². The van der Waals surface area contributed by atoms with Gasteiger partial charge in [0, 0.05) is 11.8 Å². The lowest BCUT2D eigenvalue weighted by atomic mass is 9.79. The molecule has 0 spiro atoms. The summed E-state index contributed by atoms with van der Waals surface area (Å²) in [5, 5.41) is 10.2. The van der Waals surface area contributed by atoms with E-state index in [1.807, 2.05) is 12.3 Å². The van der Waals surface area contributed by atoms with Gasteiger partial charge in [-0.15, -0.1) is 11.8 Å². The van der Waals surface area contributed by atoms with Gasteiger partial charge in [0.25, 0.3) is 0 Å². The molecule has 2 saturated carbocycles. The number of carbonyl (C=O) groups excluding carboxylic acids is 1. The number of hydrogen-bond donors (Lipinski definition) is 1. The molecule has 0 saturated heterocycles. The van der Waals surface area contributed by atoms with E-state index < -0.39 is 10.9 Å². The largest absolute Gasteiger partial charge is 0.391 e. The van der Waals surface area contributed by atoms with Crippen LogP contribution in [0.4, 0.5) is 0 Å². The monoisotopic (exact) mass is 210 g/mol. The van der Waals surface area contributed by atoms with Crippen LogP contribution in [-0.4, -0.2) is 28.0 Å². The summed E-state index contributed by atoms with van der Waals surface area (Å²) in [7, 11) is 0. The Morgan fingerprint density at radius 1 is 1.50 bits per heavy atom. The molecule has 0 heterocycles. The van der Waals surface area contributed by atoms with Crippen LogP contribution in [0.15, 0.2) is 12.2 Å². The third kappa shape index (κ3) is 0.644. The lowest BCUT2D eigenvalue weighted by Crippen LogP contribution is -2.45. The molecule has 2 fully saturated rings. The van der Waals surface area contributed by atoms with E-state index in [9.17, 15) is 9.90 Å². The van der Waals surface area contributed by atoms with Gasteiger partial charge in [-0.05, 0) is 18.1 Å². The van der Waals surface area contributed by atoms with Gasteiger partial charge in [-0.25, -0.2) is 0 Å². The predicted molar refractivity (Wildman–Crippen MR) is 56.0 cm³/mol. The fourth-order valence-corrected chi connectivity index (χ4v) is 5.06. The number of fused-ring (bicyclic) bond motifs is 1. The number of rotatable bonds is 1. The standard InChI is InChI=1S/C11H14O2S/c1-5-6-3-4-7-8(6)10(13)11(5,14-2)9(7)12/h3-8,10,13H,1-2H3/t5-,6+,7+,8-,10?,11-/m0/s1. The first-order chi connectivity index (χ1) is 6.64. The molecular weight excluding hydrogens is 196 g/mol. The first kappa shape index (κ1) is 8.98. The van der Waals surface area contributed by atoms with Crippen LogP contribution in [0.5, 0.6) is 0 Å². The van der Waals surface area contributed by atoms with Crippen LogP contribution >= 0.6 is 11.8 Å². The molecule has 0 aromatic heterocycles. The van der Waals surface area contributed by atoms with Crippen molar-refractivity contribution in [2.75, 3.05) is 6.26 Å². The number of carbonyl (C=O) groups is 1. The average Bonchev–Trinajstić information content (AvgIpc) is 2.71. The van der Waals surface area contributed by atoms with Gasteiger partial charge in [-0.3, -0.25) is 4.79 Å². The Balaban J connectivity index is 2.18. The Hall–Kier alpha value is -0.280. The minimum absolute atomic E-state index is 0.0126. The summed E-state index contributed by atoms with van der Waals surface area (Å²) in [6.07, 6.45) is 5.68. The number of hydrogen-bond acceptors (Lipinski definition) is 3. The Morgan fingerprint density at radius 2 is 2.21 bits per heavy atom. The summed E-state index contributed by atoms with van der Waals surface area (Å²) in [6, 6.07) is 0. The zero-order chi connectivity index (χ0) is 10.1. The van der Waals surface area contributed by atoms with Crippen molar-refractivity contribution in [3.05, 3.63) is 12.2 Å². The first-order valence-corrected chi connectivity index (χ1v) is 6.33. The Labute approximate surface area is 87.8 Å². The predicted octanol–water partition coefficient (Wildman–Crippen LogP) is 1.10. The normalized spacial score (nSPS) is 58.8. The van der Waals surface area contributed by atoms with Gasteiger partial charge in [-0.1, -0.05) is 19.1 Å². The molecule has 3 aliphatic rings.